The molecule has 2 aromatic rings. The molecule has 4 aliphatic rings. The third kappa shape index (κ3) is 10.1. The summed E-state index contributed by atoms with van der Waals surface area (Å²) in [5.74, 6) is -2.65. The van der Waals surface area contributed by atoms with E-state index in [1.807, 2.05) is 0 Å². The number of piperidine rings is 1. The van der Waals surface area contributed by atoms with Crippen molar-refractivity contribution >= 4 is 64.7 Å². The van der Waals surface area contributed by atoms with Crippen molar-refractivity contribution in [3.8, 4) is 6.07 Å². The van der Waals surface area contributed by atoms with Crippen LogP contribution < -0.4 is 15.5 Å². The van der Waals surface area contributed by atoms with Crippen molar-refractivity contribution in [3.05, 3.63) is 47.5 Å². The molecule has 4 fully saturated rings. The first-order valence-corrected chi connectivity index (χ1v) is 19.1. The van der Waals surface area contributed by atoms with Crippen LogP contribution in [0.4, 0.5) is 37.7 Å². The molecule has 1 unspecified atom stereocenters. The zero-order chi connectivity index (χ0) is 42.2. The Balaban J connectivity index is 0.00000661. The summed E-state index contributed by atoms with van der Waals surface area (Å²) in [6.45, 7) is 3.03. The van der Waals surface area contributed by atoms with Gasteiger partial charge in [-0.1, -0.05) is 0 Å². The molecule has 2 N–H and O–H groups in total. The second-order valence-electron chi connectivity index (χ2n) is 15.2. The second-order valence-corrected chi connectivity index (χ2v) is 15.6. The zero-order valence-corrected chi connectivity index (χ0v) is 33.6. The molecule has 14 nitrogen and oxygen atoms in total. The van der Waals surface area contributed by atoms with E-state index in [9.17, 15) is 45.5 Å². The molecule has 5 heterocycles. The Morgan fingerprint density at radius 3 is 2.37 bits per heavy atom. The Kier molecular flexibility index (Phi) is 13.9. The molecule has 3 saturated heterocycles. The Labute approximate surface area is 347 Å². The summed E-state index contributed by atoms with van der Waals surface area (Å²) in [6, 6.07) is 3.01. The van der Waals surface area contributed by atoms with Crippen LogP contribution >= 0.6 is 24.6 Å². The fraction of sp³-hybridized carbons (Fsp3) is 0.568. The van der Waals surface area contributed by atoms with Gasteiger partial charge in [-0.25, -0.2) is 4.98 Å². The summed E-state index contributed by atoms with van der Waals surface area (Å²) in [5.41, 5.74) is -2.83. The Bertz CT molecular complexity index is 1970. The number of carbonyl (C=O) groups is 4. The largest absolute Gasteiger partial charge is 0.419 e. The standard InChI is InChI=1S/C37H41F6N9O5S.ClH/c1-35(2)33(56)51(23-15-26(36(38,39)40)28(16-44)46-18-23)34(58)52(35)22-4-6-24(7-5-22)57-14-13-49-11-12-50(29(19-49)37(41,42)43)20-31(54)47-21-3-9-27(45-17-21)25-8-10-30(53)48-32(25)55;/h3,9,15,17-18,22,24-25,29H,4-8,10-14,19-20H2,1-2H3,(H,47,54)(H,48,53,55);1H/t22?,24?,25?,29-;/m1./s1. The number of aromatic nitrogens is 2. The van der Waals surface area contributed by atoms with Gasteiger partial charge in [-0.05, 0) is 76.4 Å². The molecule has 3 aliphatic heterocycles. The fourth-order valence-electron chi connectivity index (χ4n) is 7.98. The van der Waals surface area contributed by atoms with E-state index in [1.165, 1.54) is 24.4 Å². The van der Waals surface area contributed by atoms with Crippen molar-refractivity contribution in [2.45, 2.75) is 94.4 Å². The summed E-state index contributed by atoms with van der Waals surface area (Å²) in [4.78, 5) is 63.2. The summed E-state index contributed by atoms with van der Waals surface area (Å²) in [6.07, 6.45) is -4.74. The van der Waals surface area contributed by atoms with E-state index in [0.717, 1.165) is 16.0 Å². The first-order valence-electron chi connectivity index (χ1n) is 18.7. The van der Waals surface area contributed by atoms with Gasteiger partial charge in [0.2, 0.25) is 17.7 Å². The van der Waals surface area contributed by atoms with Crippen LogP contribution in [0.5, 0.6) is 0 Å². The number of hydrogen-bond acceptors (Lipinski definition) is 11. The molecule has 1 aliphatic carbocycles. The van der Waals surface area contributed by atoms with Gasteiger partial charge in [0.15, 0.2) is 10.8 Å². The van der Waals surface area contributed by atoms with Crippen molar-refractivity contribution in [1.82, 2.24) is 30.0 Å². The maximum Gasteiger partial charge on any atom is 0.419 e. The first kappa shape index (κ1) is 45.6. The van der Waals surface area contributed by atoms with Crippen LogP contribution in [-0.2, 0) is 30.1 Å². The van der Waals surface area contributed by atoms with E-state index in [2.05, 4.69) is 20.6 Å². The molecule has 59 heavy (non-hydrogen) atoms. The van der Waals surface area contributed by atoms with Crippen LogP contribution in [0.15, 0.2) is 30.6 Å². The topological polar surface area (TPSA) is 164 Å². The maximum atomic E-state index is 14.2. The summed E-state index contributed by atoms with van der Waals surface area (Å²) in [5, 5.41) is 14.0. The van der Waals surface area contributed by atoms with Gasteiger partial charge in [-0.3, -0.25) is 44.2 Å². The lowest BCUT2D eigenvalue weighted by Crippen LogP contribution is -2.60. The van der Waals surface area contributed by atoms with Crippen LogP contribution in [0.1, 0.15) is 75.2 Å². The number of nitrogens with one attached hydrogen (secondary N) is 2. The number of thiocarbonyl (C=S) groups is 1. The second kappa shape index (κ2) is 18.0. The smallest absolute Gasteiger partial charge is 0.377 e. The number of nitrogens with zero attached hydrogens (tertiary/aromatic N) is 7. The van der Waals surface area contributed by atoms with Crippen LogP contribution in [0, 0.1) is 11.3 Å². The molecule has 0 bridgehead atoms. The van der Waals surface area contributed by atoms with Gasteiger partial charge < -0.3 is 15.0 Å². The average molecular weight is 874 g/mol. The number of anilines is 2. The third-order valence-electron chi connectivity index (χ3n) is 11.0. The molecule has 0 aromatic carbocycles. The number of halogens is 7. The Morgan fingerprint density at radius 2 is 1.76 bits per heavy atom. The Hall–Kier alpha value is -4.49. The predicted molar refractivity (Wildman–Crippen MR) is 205 cm³/mol. The molecule has 6 rings (SSSR count). The molecule has 22 heteroatoms. The maximum absolute atomic E-state index is 14.2. The fourth-order valence-corrected chi connectivity index (χ4v) is 8.54. The first-order chi connectivity index (χ1) is 27.3. The highest BCUT2D eigenvalue weighted by Gasteiger charge is 2.53. The quantitative estimate of drug-likeness (QED) is 0.195. The highest BCUT2D eigenvalue weighted by molar-refractivity contribution is 7.80. The summed E-state index contributed by atoms with van der Waals surface area (Å²) in [7, 11) is 0. The Morgan fingerprint density at radius 1 is 1.05 bits per heavy atom. The molecule has 2 atom stereocenters. The van der Waals surface area contributed by atoms with Gasteiger partial charge in [0.25, 0.3) is 5.91 Å². The molecular weight excluding hydrogens is 832 g/mol. The minimum Gasteiger partial charge on any atom is -0.377 e. The van der Waals surface area contributed by atoms with Gasteiger partial charge in [0.05, 0.1) is 60.2 Å². The number of imide groups is 1. The molecule has 0 spiro atoms. The number of pyridine rings is 2. The molecule has 4 amide bonds. The van der Waals surface area contributed by atoms with Crippen molar-refractivity contribution in [1.29, 1.82) is 5.26 Å². The SMILES string of the molecule is CC1(C)C(=O)N(c2cnc(C#N)c(C(F)(F)F)c2)C(=S)N1C1CCC(OCCN2CCN(CC(=O)Nc3ccc(C4CCC(=O)NC4=O)nc3)[C@@H](C(F)(F)F)C2)CC1.Cl. The number of amides is 4. The van der Waals surface area contributed by atoms with Gasteiger partial charge in [-0.15, -0.1) is 12.4 Å². The van der Waals surface area contributed by atoms with Gasteiger partial charge in [0.1, 0.15) is 17.6 Å². The number of ether oxygens (including phenoxy) is 1. The minimum atomic E-state index is -4.88. The molecular formula is C37H42ClF6N9O5S. The predicted octanol–water partition coefficient (Wildman–Crippen LogP) is 4.54. The lowest BCUT2D eigenvalue weighted by atomic mass is 9.89. The van der Waals surface area contributed by atoms with E-state index >= 15 is 0 Å². The minimum absolute atomic E-state index is 0. The molecule has 0 radical (unpaired) electrons. The van der Waals surface area contributed by atoms with Crippen molar-refractivity contribution in [2.75, 3.05) is 49.5 Å². The van der Waals surface area contributed by atoms with Crippen LogP contribution in [0.2, 0.25) is 0 Å². The summed E-state index contributed by atoms with van der Waals surface area (Å²) < 4.78 is 89.8. The van der Waals surface area contributed by atoms with Crippen LogP contribution in [0.25, 0.3) is 0 Å². The third-order valence-corrected chi connectivity index (χ3v) is 11.4. The summed E-state index contributed by atoms with van der Waals surface area (Å²) >= 11 is 5.64. The lowest BCUT2D eigenvalue weighted by molar-refractivity contribution is -0.197. The van der Waals surface area contributed by atoms with E-state index in [1.54, 1.807) is 23.6 Å². The van der Waals surface area contributed by atoms with E-state index in [-0.39, 0.29) is 86.2 Å². The van der Waals surface area contributed by atoms with Gasteiger partial charge >= 0.3 is 12.4 Å². The van der Waals surface area contributed by atoms with Crippen molar-refractivity contribution in [3.63, 3.8) is 0 Å². The monoisotopic (exact) mass is 873 g/mol. The van der Waals surface area contributed by atoms with Gasteiger partial charge in [0, 0.05) is 38.6 Å². The van der Waals surface area contributed by atoms with E-state index in [4.69, 9.17) is 22.2 Å². The molecule has 1 saturated carbocycles. The van der Waals surface area contributed by atoms with E-state index in [0.29, 0.717) is 43.9 Å². The number of rotatable bonds is 10. The highest BCUT2D eigenvalue weighted by Crippen LogP contribution is 2.40. The number of nitriles is 1. The number of carbonyl (C=O) groups excluding carboxylic acids is 4. The van der Waals surface area contributed by atoms with Gasteiger partial charge in [-0.2, -0.15) is 31.6 Å². The van der Waals surface area contributed by atoms with E-state index < -0.39 is 65.4 Å². The zero-order valence-electron chi connectivity index (χ0n) is 31.9. The van der Waals surface area contributed by atoms with Crippen molar-refractivity contribution in [2.24, 2.45) is 0 Å². The normalized spacial score (nSPS) is 24.4. The van der Waals surface area contributed by atoms with Crippen LogP contribution in [0.3, 0.4) is 0 Å². The average Bonchev–Trinajstić information content (AvgIpc) is 3.33. The lowest BCUT2D eigenvalue weighted by Gasteiger charge is -2.42. The number of piperazine rings is 1. The molecule has 2 aromatic heterocycles. The number of alkyl halides is 6. The number of hydrogen-bond donors (Lipinski definition) is 2. The molecule has 320 valence electrons. The van der Waals surface area contributed by atoms with Crippen LogP contribution in [-0.4, -0.2) is 123 Å². The van der Waals surface area contributed by atoms with Crippen molar-refractivity contribution < 1.29 is 50.3 Å². The highest BCUT2D eigenvalue weighted by atomic mass is 35.5.